The fourth-order valence-electron chi connectivity index (χ4n) is 2.48. The van der Waals surface area contributed by atoms with Crippen molar-refractivity contribution in [2.24, 2.45) is 5.73 Å². The first-order chi connectivity index (χ1) is 10.9. The van der Waals surface area contributed by atoms with Gasteiger partial charge in [0, 0.05) is 5.56 Å². The Morgan fingerprint density at radius 2 is 2.00 bits per heavy atom. The van der Waals surface area contributed by atoms with Crippen LogP contribution in [0.15, 0.2) is 18.2 Å². The Hall–Kier alpha value is -1.60. The molecule has 24 heavy (non-hydrogen) atoms. The highest BCUT2D eigenvalue weighted by molar-refractivity contribution is 5.94. The molecule has 1 amide bonds. The summed E-state index contributed by atoms with van der Waals surface area (Å²) in [5, 5.41) is 2.17. The molecule has 2 rings (SSSR count). The van der Waals surface area contributed by atoms with Crippen molar-refractivity contribution in [3.05, 3.63) is 23.8 Å². The number of hydrogen-bond donors (Lipinski definition) is 2. The van der Waals surface area contributed by atoms with Gasteiger partial charge in [0.1, 0.15) is 0 Å². The first-order valence-corrected chi connectivity index (χ1v) is 7.66. The summed E-state index contributed by atoms with van der Waals surface area (Å²) in [6.07, 6.45) is 4.44. The summed E-state index contributed by atoms with van der Waals surface area (Å²) in [4.78, 5) is 11.9. The van der Waals surface area contributed by atoms with Crippen LogP contribution in [0.4, 0.5) is 8.78 Å². The van der Waals surface area contributed by atoms with Crippen molar-refractivity contribution in [1.29, 1.82) is 0 Å². The summed E-state index contributed by atoms with van der Waals surface area (Å²) in [6.45, 7) is -1.62. The summed E-state index contributed by atoms with van der Waals surface area (Å²) in [5.41, 5.74) is 5.17. The van der Waals surface area contributed by atoms with E-state index >= 15 is 0 Å². The highest BCUT2D eigenvalue weighted by Crippen LogP contribution is 2.32. The minimum absolute atomic E-state index is 0. The number of amides is 1. The summed E-state index contributed by atoms with van der Waals surface area (Å²) >= 11 is 0. The lowest BCUT2D eigenvalue weighted by atomic mass is 10.1. The molecular formula is C16H23ClF2N2O3. The Morgan fingerprint density at radius 3 is 2.58 bits per heavy atom. The largest absolute Gasteiger partial charge is 0.493 e. The zero-order valence-electron chi connectivity index (χ0n) is 13.5. The average molecular weight is 365 g/mol. The highest BCUT2D eigenvalue weighted by Gasteiger charge is 2.27. The molecule has 1 fully saturated rings. The average Bonchev–Trinajstić information content (AvgIpc) is 3.06. The van der Waals surface area contributed by atoms with Crippen LogP contribution < -0.4 is 20.5 Å². The number of alkyl halides is 2. The molecule has 5 nitrogen and oxygen atoms in total. The van der Waals surface area contributed by atoms with E-state index in [9.17, 15) is 13.6 Å². The second-order valence-electron chi connectivity index (χ2n) is 5.63. The van der Waals surface area contributed by atoms with Crippen LogP contribution in [0.5, 0.6) is 11.5 Å². The van der Waals surface area contributed by atoms with Crippen molar-refractivity contribution in [3.63, 3.8) is 0 Å². The standard InChI is InChI=1S/C16H22F2N2O3.ClH/c1-22-14-8-11(15(21)20-10-16(17,18)9-19)6-7-13(14)23-12-4-2-3-5-12;/h6-8,12H,2-5,9-10,19H2,1H3,(H,20,21);1H. The van der Waals surface area contributed by atoms with Crippen LogP contribution in [0, 0.1) is 0 Å². The van der Waals surface area contributed by atoms with Gasteiger partial charge in [-0.2, -0.15) is 0 Å². The number of nitrogens with two attached hydrogens (primary N) is 1. The molecule has 3 N–H and O–H groups in total. The topological polar surface area (TPSA) is 73.6 Å². The Morgan fingerprint density at radius 1 is 1.33 bits per heavy atom. The normalized spacial score (nSPS) is 14.8. The monoisotopic (exact) mass is 364 g/mol. The van der Waals surface area contributed by atoms with Gasteiger partial charge < -0.3 is 20.5 Å². The van der Waals surface area contributed by atoms with Crippen molar-refractivity contribution in [2.75, 3.05) is 20.2 Å². The van der Waals surface area contributed by atoms with Gasteiger partial charge >= 0.3 is 0 Å². The van der Waals surface area contributed by atoms with Crippen molar-refractivity contribution in [1.82, 2.24) is 5.32 Å². The van der Waals surface area contributed by atoms with Crippen LogP contribution in [-0.4, -0.2) is 38.1 Å². The molecule has 0 bridgehead atoms. The van der Waals surface area contributed by atoms with Gasteiger partial charge in [-0.15, -0.1) is 12.4 Å². The van der Waals surface area contributed by atoms with Gasteiger partial charge in [0.15, 0.2) is 11.5 Å². The second kappa shape index (κ2) is 9.03. The number of benzene rings is 1. The smallest absolute Gasteiger partial charge is 0.277 e. The first kappa shape index (κ1) is 20.4. The van der Waals surface area contributed by atoms with Gasteiger partial charge in [-0.25, -0.2) is 8.78 Å². The third kappa shape index (κ3) is 5.49. The maximum atomic E-state index is 13.1. The van der Waals surface area contributed by atoms with Gasteiger partial charge in [0.25, 0.3) is 11.8 Å². The van der Waals surface area contributed by atoms with Gasteiger partial charge in [0.2, 0.25) is 0 Å². The van der Waals surface area contributed by atoms with E-state index in [0.717, 1.165) is 25.7 Å². The highest BCUT2D eigenvalue weighted by atomic mass is 35.5. The molecule has 1 aliphatic rings. The molecule has 1 aromatic carbocycles. The number of carbonyl (C=O) groups excluding carboxylic acids is 1. The molecule has 1 aliphatic carbocycles. The summed E-state index contributed by atoms with van der Waals surface area (Å²) < 4.78 is 37.3. The molecule has 1 aromatic rings. The van der Waals surface area contributed by atoms with E-state index < -0.39 is 24.9 Å². The molecule has 0 aromatic heterocycles. The molecule has 0 unspecified atom stereocenters. The van der Waals surface area contributed by atoms with E-state index in [0.29, 0.717) is 11.5 Å². The molecule has 1 saturated carbocycles. The molecule has 136 valence electrons. The molecule has 0 heterocycles. The molecule has 0 aliphatic heterocycles. The van der Waals surface area contributed by atoms with Gasteiger partial charge in [-0.3, -0.25) is 4.79 Å². The zero-order chi connectivity index (χ0) is 16.9. The molecule has 0 radical (unpaired) electrons. The third-order valence-corrected chi connectivity index (χ3v) is 3.83. The van der Waals surface area contributed by atoms with Crippen LogP contribution in [0.2, 0.25) is 0 Å². The SMILES string of the molecule is COc1cc(C(=O)NCC(F)(F)CN)ccc1OC1CCCC1.Cl. The van der Waals surface area contributed by atoms with Crippen LogP contribution >= 0.6 is 12.4 Å². The number of rotatable bonds is 7. The van der Waals surface area contributed by atoms with Crippen molar-refractivity contribution >= 4 is 18.3 Å². The van der Waals surface area contributed by atoms with Gasteiger partial charge in [-0.1, -0.05) is 0 Å². The maximum Gasteiger partial charge on any atom is 0.277 e. The van der Waals surface area contributed by atoms with E-state index in [1.165, 1.54) is 19.2 Å². The molecule has 0 atom stereocenters. The van der Waals surface area contributed by atoms with Crippen molar-refractivity contribution in [3.8, 4) is 11.5 Å². The minimum Gasteiger partial charge on any atom is -0.493 e. The summed E-state index contributed by atoms with van der Waals surface area (Å²) in [5.74, 6) is -2.76. The quantitative estimate of drug-likeness (QED) is 0.780. The Labute approximate surface area is 146 Å². The number of halogens is 3. The summed E-state index contributed by atoms with van der Waals surface area (Å²) in [7, 11) is 1.47. The maximum absolute atomic E-state index is 13.1. The number of hydrogen-bond acceptors (Lipinski definition) is 4. The van der Waals surface area contributed by atoms with E-state index in [2.05, 4.69) is 5.32 Å². The van der Waals surface area contributed by atoms with Crippen LogP contribution in [0.3, 0.4) is 0 Å². The fraction of sp³-hybridized carbons (Fsp3) is 0.562. The van der Waals surface area contributed by atoms with E-state index in [-0.39, 0.29) is 24.1 Å². The Bertz CT molecular complexity index is 552. The second-order valence-corrected chi connectivity index (χ2v) is 5.63. The first-order valence-electron chi connectivity index (χ1n) is 7.66. The van der Waals surface area contributed by atoms with E-state index in [4.69, 9.17) is 15.2 Å². The van der Waals surface area contributed by atoms with Gasteiger partial charge in [0.05, 0.1) is 26.3 Å². The predicted molar refractivity (Wildman–Crippen MR) is 89.5 cm³/mol. The van der Waals surface area contributed by atoms with Crippen LogP contribution in [0.1, 0.15) is 36.0 Å². The zero-order valence-corrected chi connectivity index (χ0v) is 14.3. The molecule has 0 spiro atoms. The predicted octanol–water partition coefficient (Wildman–Crippen LogP) is 2.76. The lowest BCUT2D eigenvalue weighted by Crippen LogP contribution is -2.41. The minimum atomic E-state index is -3.12. The number of ether oxygens (including phenoxy) is 2. The van der Waals surface area contributed by atoms with Crippen molar-refractivity contribution in [2.45, 2.75) is 37.7 Å². The molecule has 8 heteroatoms. The van der Waals surface area contributed by atoms with Crippen LogP contribution in [0.25, 0.3) is 0 Å². The number of carbonyl (C=O) groups is 1. The fourth-order valence-corrected chi connectivity index (χ4v) is 2.48. The Balaban J connectivity index is 0.00000288. The Kier molecular flexibility index (Phi) is 7.69. The van der Waals surface area contributed by atoms with Crippen molar-refractivity contribution < 1.29 is 23.0 Å². The summed E-state index contributed by atoms with van der Waals surface area (Å²) in [6, 6.07) is 4.65. The number of nitrogens with one attached hydrogen (secondary N) is 1. The van der Waals surface area contributed by atoms with Crippen LogP contribution in [-0.2, 0) is 0 Å². The lowest BCUT2D eigenvalue weighted by Gasteiger charge is -2.17. The molecule has 0 saturated heterocycles. The van der Waals surface area contributed by atoms with Gasteiger partial charge in [-0.05, 0) is 43.9 Å². The lowest BCUT2D eigenvalue weighted by molar-refractivity contribution is 0.0118. The molecular weight excluding hydrogens is 342 g/mol. The van der Waals surface area contributed by atoms with E-state index in [1.807, 2.05) is 0 Å². The van der Waals surface area contributed by atoms with E-state index in [1.54, 1.807) is 6.07 Å². The number of methoxy groups -OCH3 is 1. The third-order valence-electron chi connectivity index (χ3n) is 3.83.